The summed E-state index contributed by atoms with van der Waals surface area (Å²) in [5.74, 6) is 0.755. The number of hydrogen-bond acceptors (Lipinski definition) is 5. The third-order valence-electron chi connectivity index (χ3n) is 4.31. The van der Waals surface area contributed by atoms with Crippen LogP contribution in [0.15, 0.2) is 54.5 Å². The molecule has 2 aliphatic rings. The van der Waals surface area contributed by atoms with Gasteiger partial charge in [-0.2, -0.15) is 0 Å². The van der Waals surface area contributed by atoms with Crippen molar-refractivity contribution < 1.29 is 9.90 Å². The van der Waals surface area contributed by atoms with Gasteiger partial charge in [0.15, 0.2) is 5.50 Å². The van der Waals surface area contributed by atoms with Crippen molar-refractivity contribution in [1.29, 1.82) is 0 Å². The smallest absolute Gasteiger partial charge is 0.262 e. The molecule has 1 atom stereocenters. The number of halogens is 1. The molecular formula is C18H16ClN3O2S. The molecule has 0 radical (unpaired) electrons. The van der Waals surface area contributed by atoms with Crippen molar-refractivity contribution in [2.24, 2.45) is 0 Å². The normalized spacial score (nSPS) is 20.2. The fourth-order valence-corrected chi connectivity index (χ4v) is 4.47. The van der Waals surface area contributed by atoms with Crippen LogP contribution >= 0.6 is 23.4 Å². The van der Waals surface area contributed by atoms with Gasteiger partial charge in [-0.15, -0.1) is 11.8 Å². The predicted molar refractivity (Wildman–Crippen MR) is 98.7 cm³/mol. The highest BCUT2D eigenvalue weighted by molar-refractivity contribution is 8.00. The Morgan fingerprint density at radius 1 is 1.24 bits per heavy atom. The fraction of sp³-hybridized carbons (Fsp3) is 0.222. The first-order chi connectivity index (χ1) is 12.1. The van der Waals surface area contributed by atoms with Gasteiger partial charge in [0.05, 0.1) is 6.54 Å². The molecule has 2 aliphatic heterocycles. The molecule has 0 spiro atoms. The number of carbonyl (C=O) groups is 1. The van der Waals surface area contributed by atoms with Gasteiger partial charge in [-0.05, 0) is 17.2 Å². The summed E-state index contributed by atoms with van der Waals surface area (Å²) < 4.78 is 0. The number of carbonyl (C=O) groups excluding carboxylic acids is 1. The fourth-order valence-electron chi connectivity index (χ4n) is 3.11. The van der Waals surface area contributed by atoms with Crippen molar-refractivity contribution >= 4 is 34.8 Å². The summed E-state index contributed by atoms with van der Waals surface area (Å²) in [6.07, 6.45) is 1.68. The van der Waals surface area contributed by atoms with Crippen molar-refractivity contribution in [2.75, 3.05) is 12.3 Å². The van der Waals surface area contributed by atoms with E-state index in [0.717, 1.165) is 16.9 Å². The van der Waals surface area contributed by atoms with E-state index in [1.807, 2.05) is 41.3 Å². The number of rotatable bonds is 3. The number of nitrogens with zero attached hydrogens (tertiary/aromatic N) is 3. The third-order valence-corrected chi connectivity index (χ3v) is 5.76. The number of thioether (sulfide) groups is 1. The highest BCUT2D eigenvalue weighted by atomic mass is 35.5. The summed E-state index contributed by atoms with van der Waals surface area (Å²) in [5, 5.41) is 11.1. The monoisotopic (exact) mass is 373 g/mol. The van der Waals surface area contributed by atoms with Crippen LogP contribution in [-0.4, -0.2) is 43.6 Å². The van der Waals surface area contributed by atoms with Crippen molar-refractivity contribution in [3.8, 4) is 0 Å². The molecule has 1 N–H and O–H groups in total. The predicted octanol–water partition coefficient (Wildman–Crippen LogP) is 3.34. The Bertz CT molecular complexity index is 826. The number of aliphatic hydroxyl groups excluding tert-OH is 1. The highest BCUT2D eigenvalue weighted by Crippen LogP contribution is 2.39. The zero-order chi connectivity index (χ0) is 17.4. The van der Waals surface area contributed by atoms with Crippen LogP contribution in [0.5, 0.6) is 0 Å². The lowest BCUT2D eigenvalue weighted by molar-refractivity contribution is -0.130. The molecule has 2 aromatic rings. The van der Waals surface area contributed by atoms with Crippen LogP contribution in [-0.2, 0) is 11.3 Å². The average Bonchev–Trinajstić information content (AvgIpc) is 3.11. The zero-order valence-corrected chi connectivity index (χ0v) is 14.9. The van der Waals surface area contributed by atoms with Crippen LogP contribution in [0.25, 0.3) is 5.57 Å². The van der Waals surface area contributed by atoms with E-state index in [1.165, 1.54) is 0 Å². The minimum atomic E-state index is -0.198. The molecule has 0 aliphatic carbocycles. The van der Waals surface area contributed by atoms with Crippen LogP contribution in [0.1, 0.15) is 11.1 Å². The number of benzene rings is 1. The second kappa shape index (κ2) is 6.61. The summed E-state index contributed by atoms with van der Waals surface area (Å²) in [6.45, 7) is 1.13. The zero-order valence-electron chi connectivity index (χ0n) is 13.3. The van der Waals surface area contributed by atoms with E-state index < -0.39 is 0 Å². The molecule has 1 fully saturated rings. The third kappa shape index (κ3) is 2.96. The minimum Gasteiger partial charge on any atom is -0.494 e. The van der Waals surface area contributed by atoms with Gasteiger partial charge in [0.25, 0.3) is 5.91 Å². The maximum Gasteiger partial charge on any atom is 0.262 e. The minimum absolute atomic E-state index is 0.0664. The summed E-state index contributed by atoms with van der Waals surface area (Å²) in [4.78, 5) is 20.9. The second-order valence-electron chi connectivity index (χ2n) is 5.88. The SMILES string of the molecule is O=C1C(c2ccccc2)=C(O)N2CCSC2N1Cc1ccc(Cl)nc1. The van der Waals surface area contributed by atoms with E-state index >= 15 is 0 Å². The van der Waals surface area contributed by atoms with Crippen LogP contribution in [0.4, 0.5) is 0 Å². The van der Waals surface area contributed by atoms with Crippen LogP contribution in [0, 0.1) is 0 Å². The Balaban J connectivity index is 1.72. The van der Waals surface area contributed by atoms with E-state index in [-0.39, 0.29) is 17.3 Å². The molecule has 1 saturated heterocycles. The average molecular weight is 374 g/mol. The summed E-state index contributed by atoms with van der Waals surface area (Å²) in [6, 6.07) is 12.9. The molecule has 1 aromatic heterocycles. The first kappa shape index (κ1) is 16.3. The van der Waals surface area contributed by atoms with E-state index in [9.17, 15) is 9.90 Å². The largest absolute Gasteiger partial charge is 0.494 e. The summed E-state index contributed by atoms with van der Waals surface area (Å²) >= 11 is 7.50. The molecule has 0 bridgehead atoms. The van der Waals surface area contributed by atoms with Gasteiger partial charge in [-0.1, -0.05) is 48.0 Å². The Morgan fingerprint density at radius 3 is 2.76 bits per heavy atom. The Kier molecular flexibility index (Phi) is 4.31. The molecule has 0 saturated carbocycles. The Hall–Kier alpha value is -2.18. The van der Waals surface area contributed by atoms with Crippen LogP contribution in [0.2, 0.25) is 5.15 Å². The van der Waals surface area contributed by atoms with Gasteiger partial charge in [0.1, 0.15) is 10.7 Å². The number of hydrogen-bond donors (Lipinski definition) is 1. The molecule has 1 amide bonds. The standard InChI is InChI=1S/C18H16ClN3O2S/c19-14-7-6-12(10-20-14)11-22-17(24)15(13-4-2-1-3-5-13)16(23)21-8-9-25-18(21)22/h1-7,10,18,23H,8-9,11H2. The molecule has 128 valence electrons. The summed E-state index contributed by atoms with van der Waals surface area (Å²) in [5.41, 5.74) is 1.77. The first-order valence-corrected chi connectivity index (χ1v) is 9.36. The Labute approximate surface area is 154 Å². The van der Waals surface area contributed by atoms with Crippen molar-refractivity contribution in [3.05, 3.63) is 70.8 Å². The van der Waals surface area contributed by atoms with E-state index in [0.29, 0.717) is 23.8 Å². The van der Waals surface area contributed by atoms with Crippen LogP contribution < -0.4 is 0 Å². The summed E-state index contributed by atoms with van der Waals surface area (Å²) in [7, 11) is 0. The van der Waals surface area contributed by atoms with Gasteiger partial charge in [-0.25, -0.2) is 4.98 Å². The Morgan fingerprint density at radius 2 is 2.04 bits per heavy atom. The lowest BCUT2D eigenvalue weighted by Gasteiger charge is -2.40. The van der Waals surface area contributed by atoms with Gasteiger partial charge >= 0.3 is 0 Å². The van der Waals surface area contributed by atoms with E-state index in [1.54, 1.807) is 28.9 Å². The molecule has 1 aromatic carbocycles. The first-order valence-electron chi connectivity index (χ1n) is 7.93. The number of amides is 1. The maximum absolute atomic E-state index is 13.2. The molecule has 1 unspecified atom stereocenters. The van der Waals surface area contributed by atoms with E-state index in [2.05, 4.69) is 4.98 Å². The van der Waals surface area contributed by atoms with Gasteiger partial charge in [-0.3, -0.25) is 4.79 Å². The molecule has 3 heterocycles. The lowest BCUT2D eigenvalue weighted by atomic mass is 10.0. The van der Waals surface area contributed by atoms with Crippen molar-refractivity contribution in [2.45, 2.75) is 12.0 Å². The van der Waals surface area contributed by atoms with Gasteiger partial charge < -0.3 is 14.9 Å². The number of pyridine rings is 1. The van der Waals surface area contributed by atoms with E-state index in [4.69, 9.17) is 11.6 Å². The van der Waals surface area contributed by atoms with Gasteiger partial charge in [0, 0.05) is 18.5 Å². The van der Waals surface area contributed by atoms with Gasteiger partial charge in [0.2, 0.25) is 5.88 Å². The van der Waals surface area contributed by atoms with Crippen LogP contribution in [0.3, 0.4) is 0 Å². The molecule has 7 heteroatoms. The molecular weight excluding hydrogens is 358 g/mol. The number of aliphatic hydroxyl groups is 1. The lowest BCUT2D eigenvalue weighted by Crippen LogP contribution is -2.50. The topological polar surface area (TPSA) is 56.7 Å². The molecule has 4 rings (SSSR count). The van der Waals surface area contributed by atoms with Crippen molar-refractivity contribution in [3.63, 3.8) is 0 Å². The number of aromatic nitrogens is 1. The number of fused-ring (bicyclic) bond motifs is 1. The maximum atomic E-state index is 13.2. The molecule has 25 heavy (non-hydrogen) atoms. The highest BCUT2D eigenvalue weighted by Gasteiger charge is 2.43. The molecule has 5 nitrogen and oxygen atoms in total. The quantitative estimate of drug-likeness (QED) is 0.836. The van der Waals surface area contributed by atoms with Crippen molar-refractivity contribution in [1.82, 2.24) is 14.8 Å². The second-order valence-corrected chi connectivity index (χ2v) is 7.43.